The largest absolute Gasteiger partial charge is 0.496 e. The van der Waals surface area contributed by atoms with Crippen molar-refractivity contribution in [2.24, 2.45) is 7.05 Å². The topological polar surface area (TPSA) is 39.1 Å². The van der Waals surface area contributed by atoms with Gasteiger partial charge in [-0.1, -0.05) is 6.07 Å². The third-order valence-corrected chi connectivity index (χ3v) is 3.13. The number of benzene rings is 1. The van der Waals surface area contributed by atoms with E-state index in [0.29, 0.717) is 17.7 Å². The lowest BCUT2D eigenvalue weighted by atomic mass is 9.99. The number of nitrogens with one attached hydrogen (secondary N) is 1. The second kappa shape index (κ2) is 5.84. The minimum Gasteiger partial charge on any atom is -0.496 e. The highest BCUT2D eigenvalue weighted by Gasteiger charge is 2.19. The van der Waals surface area contributed by atoms with Crippen LogP contribution in [0.25, 0.3) is 0 Å². The molecule has 2 rings (SSSR count). The molecule has 1 heterocycles. The summed E-state index contributed by atoms with van der Waals surface area (Å²) in [7, 11) is 5.23. The van der Waals surface area contributed by atoms with Gasteiger partial charge in [0, 0.05) is 24.8 Å². The third-order valence-electron chi connectivity index (χ3n) is 3.13. The van der Waals surface area contributed by atoms with Crippen LogP contribution >= 0.6 is 0 Å². The van der Waals surface area contributed by atoms with Gasteiger partial charge in [0.25, 0.3) is 0 Å². The van der Waals surface area contributed by atoms with Crippen LogP contribution in [0, 0.1) is 5.82 Å². The second-order valence-corrected chi connectivity index (χ2v) is 4.42. The van der Waals surface area contributed by atoms with Gasteiger partial charge in [0.2, 0.25) is 0 Å². The first-order valence-corrected chi connectivity index (χ1v) is 6.13. The van der Waals surface area contributed by atoms with Crippen LogP contribution in [0.1, 0.15) is 17.2 Å². The average Bonchev–Trinajstić information content (AvgIpc) is 2.81. The van der Waals surface area contributed by atoms with Crippen molar-refractivity contribution in [2.45, 2.75) is 12.5 Å². The smallest absolute Gasteiger partial charge is 0.131 e. The van der Waals surface area contributed by atoms with Crippen molar-refractivity contribution >= 4 is 0 Å². The molecule has 0 spiro atoms. The molecule has 0 aliphatic heterocycles. The molecule has 1 aromatic carbocycles. The highest BCUT2D eigenvalue weighted by molar-refractivity contribution is 5.38. The molecule has 1 aromatic heterocycles. The third kappa shape index (κ3) is 2.93. The Kier molecular flexibility index (Phi) is 4.16. The summed E-state index contributed by atoms with van der Waals surface area (Å²) in [6.45, 7) is 0. The summed E-state index contributed by atoms with van der Waals surface area (Å²) < 4.78 is 21.0. The van der Waals surface area contributed by atoms with Gasteiger partial charge < -0.3 is 10.1 Å². The summed E-state index contributed by atoms with van der Waals surface area (Å²) in [6, 6.07) is 4.71. The summed E-state index contributed by atoms with van der Waals surface area (Å²) in [5.41, 5.74) is 1.60. The lowest BCUT2D eigenvalue weighted by Gasteiger charge is -2.19. The van der Waals surface area contributed by atoms with E-state index in [-0.39, 0.29) is 11.9 Å². The van der Waals surface area contributed by atoms with Crippen molar-refractivity contribution in [3.8, 4) is 5.75 Å². The van der Waals surface area contributed by atoms with Gasteiger partial charge >= 0.3 is 0 Å². The molecule has 2 aromatic rings. The van der Waals surface area contributed by atoms with Crippen molar-refractivity contribution in [1.29, 1.82) is 0 Å². The van der Waals surface area contributed by atoms with E-state index in [0.717, 1.165) is 5.56 Å². The van der Waals surface area contributed by atoms with Crippen molar-refractivity contribution in [3.63, 3.8) is 0 Å². The minimum atomic E-state index is -0.261. The summed E-state index contributed by atoms with van der Waals surface area (Å²) >= 11 is 0. The molecule has 0 amide bonds. The quantitative estimate of drug-likeness (QED) is 0.897. The minimum absolute atomic E-state index is 0.152. The Morgan fingerprint density at radius 3 is 2.84 bits per heavy atom. The maximum absolute atomic E-state index is 14.0. The average molecular weight is 263 g/mol. The normalized spacial score (nSPS) is 12.4. The maximum atomic E-state index is 14.0. The number of aryl methyl sites for hydroxylation is 1. The van der Waals surface area contributed by atoms with Gasteiger partial charge in [0.05, 0.1) is 13.3 Å². The molecule has 0 saturated carbocycles. The predicted octanol–water partition coefficient (Wildman–Crippen LogP) is 2.07. The summed E-state index contributed by atoms with van der Waals surface area (Å²) in [6.07, 6.45) is 4.37. The van der Waals surface area contributed by atoms with E-state index >= 15 is 0 Å². The molecule has 0 fully saturated rings. The number of aromatic nitrogens is 2. The van der Waals surface area contributed by atoms with Crippen LogP contribution in [-0.4, -0.2) is 23.9 Å². The van der Waals surface area contributed by atoms with Crippen molar-refractivity contribution in [3.05, 3.63) is 47.5 Å². The van der Waals surface area contributed by atoms with E-state index in [1.165, 1.54) is 6.07 Å². The summed E-state index contributed by atoms with van der Waals surface area (Å²) in [5, 5.41) is 7.26. The van der Waals surface area contributed by atoms with E-state index in [2.05, 4.69) is 10.4 Å². The van der Waals surface area contributed by atoms with Crippen molar-refractivity contribution < 1.29 is 9.13 Å². The Balaban J connectivity index is 2.31. The van der Waals surface area contributed by atoms with Crippen LogP contribution in [0.2, 0.25) is 0 Å². The van der Waals surface area contributed by atoms with Crippen LogP contribution in [0.5, 0.6) is 5.75 Å². The Labute approximate surface area is 112 Å². The first-order valence-electron chi connectivity index (χ1n) is 6.13. The number of halogens is 1. The fourth-order valence-electron chi connectivity index (χ4n) is 2.19. The first kappa shape index (κ1) is 13.5. The maximum Gasteiger partial charge on any atom is 0.131 e. The standard InChI is InChI=1S/C14H18FN3O/c1-16-12(7-10-8-17-18(2)9-10)14-11(15)5-4-6-13(14)19-3/h4-6,8-9,12,16H,7H2,1-3H3. The Bertz CT molecular complexity index is 553. The fraction of sp³-hybridized carbons (Fsp3) is 0.357. The predicted molar refractivity (Wildman–Crippen MR) is 71.7 cm³/mol. The highest BCUT2D eigenvalue weighted by atomic mass is 19.1. The van der Waals surface area contributed by atoms with Crippen molar-refractivity contribution in [1.82, 2.24) is 15.1 Å². The van der Waals surface area contributed by atoms with Gasteiger partial charge in [0.1, 0.15) is 11.6 Å². The number of nitrogens with zero attached hydrogens (tertiary/aromatic N) is 2. The zero-order chi connectivity index (χ0) is 13.8. The number of likely N-dealkylation sites (N-methyl/N-ethyl adjacent to an activating group) is 1. The Morgan fingerprint density at radius 1 is 1.47 bits per heavy atom. The highest BCUT2D eigenvalue weighted by Crippen LogP contribution is 2.29. The van der Waals surface area contributed by atoms with Gasteiger partial charge in [0.15, 0.2) is 0 Å². The van der Waals surface area contributed by atoms with Crippen LogP contribution in [0.3, 0.4) is 0 Å². The zero-order valence-electron chi connectivity index (χ0n) is 11.4. The molecular weight excluding hydrogens is 245 g/mol. The monoisotopic (exact) mass is 263 g/mol. The zero-order valence-corrected chi connectivity index (χ0v) is 11.4. The molecule has 19 heavy (non-hydrogen) atoms. The number of hydrogen-bond donors (Lipinski definition) is 1. The molecular formula is C14H18FN3O. The molecule has 1 atom stereocenters. The number of hydrogen-bond acceptors (Lipinski definition) is 3. The summed E-state index contributed by atoms with van der Waals surface area (Å²) in [5.74, 6) is 0.297. The lowest BCUT2D eigenvalue weighted by Crippen LogP contribution is -2.20. The van der Waals surface area contributed by atoms with Gasteiger partial charge in [-0.2, -0.15) is 5.10 Å². The van der Waals surface area contributed by atoms with E-state index < -0.39 is 0 Å². The molecule has 0 aliphatic rings. The molecule has 0 radical (unpaired) electrons. The molecule has 0 aliphatic carbocycles. The van der Waals surface area contributed by atoms with Crippen LogP contribution < -0.4 is 10.1 Å². The van der Waals surface area contributed by atoms with E-state index in [4.69, 9.17) is 4.74 Å². The Morgan fingerprint density at radius 2 is 2.26 bits per heavy atom. The number of rotatable bonds is 5. The van der Waals surface area contributed by atoms with E-state index in [1.807, 2.05) is 20.3 Å². The lowest BCUT2D eigenvalue weighted by molar-refractivity contribution is 0.393. The molecule has 102 valence electrons. The van der Waals surface area contributed by atoms with Crippen molar-refractivity contribution in [2.75, 3.05) is 14.2 Å². The van der Waals surface area contributed by atoms with Gasteiger partial charge in [-0.3, -0.25) is 4.68 Å². The second-order valence-electron chi connectivity index (χ2n) is 4.42. The van der Waals surface area contributed by atoms with Gasteiger partial charge in [-0.05, 0) is 31.2 Å². The van der Waals surface area contributed by atoms with Crippen LogP contribution in [0.15, 0.2) is 30.6 Å². The molecule has 0 bridgehead atoms. The fourth-order valence-corrected chi connectivity index (χ4v) is 2.19. The van der Waals surface area contributed by atoms with Crippen LogP contribution in [-0.2, 0) is 13.5 Å². The number of methoxy groups -OCH3 is 1. The van der Waals surface area contributed by atoms with Gasteiger partial charge in [-0.25, -0.2) is 4.39 Å². The molecule has 5 heteroatoms. The van der Waals surface area contributed by atoms with E-state index in [9.17, 15) is 4.39 Å². The van der Waals surface area contributed by atoms with Crippen LogP contribution in [0.4, 0.5) is 4.39 Å². The SMILES string of the molecule is CNC(Cc1cnn(C)c1)c1c(F)cccc1OC. The molecule has 4 nitrogen and oxygen atoms in total. The summed E-state index contributed by atoms with van der Waals surface area (Å²) in [4.78, 5) is 0. The van der Waals surface area contributed by atoms with E-state index in [1.54, 1.807) is 30.1 Å². The molecule has 0 saturated heterocycles. The Hall–Kier alpha value is -1.88. The molecule has 1 unspecified atom stereocenters. The number of ether oxygens (including phenoxy) is 1. The first-order chi connectivity index (χ1) is 9.15. The van der Waals surface area contributed by atoms with Gasteiger partial charge in [-0.15, -0.1) is 0 Å². The molecule has 1 N–H and O–H groups in total.